The lowest BCUT2D eigenvalue weighted by Crippen LogP contribution is -2.13. The number of nitrogens with one attached hydrogen (secondary N) is 1. The zero-order valence-electron chi connectivity index (χ0n) is 7.73. The highest BCUT2D eigenvalue weighted by Gasteiger charge is 1.99. The molecular weight excluding hydrogens is 196 g/mol. The highest BCUT2D eigenvalue weighted by atomic mass is 32.2. The van der Waals surface area contributed by atoms with Gasteiger partial charge in [-0.2, -0.15) is 0 Å². The molecule has 0 saturated carbocycles. The van der Waals surface area contributed by atoms with Crippen molar-refractivity contribution in [2.45, 2.75) is 4.90 Å². The summed E-state index contributed by atoms with van der Waals surface area (Å²) in [6.45, 7) is 0. The molecule has 0 fully saturated rings. The van der Waals surface area contributed by atoms with Crippen molar-refractivity contribution in [3.05, 3.63) is 47.1 Å². The van der Waals surface area contributed by atoms with E-state index in [9.17, 15) is 4.79 Å². The fourth-order valence-corrected chi connectivity index (χ4v) is 1.74. The van der Waals surface area contributed by atoms with Crippen molar-refractivity contribution >= 4 is 11.8 Å². The van der Waals surface area contributed by atoms with Gasteiger partial charge in [0.25, 0.3) is 0 Å². The minimum atomic E-state index is -0.108. The Morgan fingerprint density at radius 2 is 2.29 bits per heavy atom. The Bertz CT molecular complexity index is 487. The van der Waals surface area contributed by atoms with E-state index in [0.29, 0.717) is 0 Å². The van der Waals surface area contributed by atoms with Crippen LogP contribution in [0.1, 0.15) is 0 Å². The monoisotopic (exact) mass is 206 g/mol. The maximum Gasteiger partial charge on any atom is 0.330 e. The third-order valence-corrected chi connectivity index (χ3v) is 2.71. The Morgan fingerprint density at radius 3 is 2.93 bits per heavy atom. The van der Waals surface area contributed by atoms with E-state index in [2.05, 4.69) is 4.98 Å². The summed E-state index contributed by atoms with van der Waals surface area (Å²) >= 11 is 1.66. The van der Waals surface area contributed by atoms with Gasteiger partial charge < -0.3 is 4.98 Å². The van der Waals surface area contributed by atoms with Gasteiger partial charge in [0.2, 0.25) is 0 Å². The standard InChI is InChI=1S/C10H10N2OS/c1-14-9-4-2-3-8(7-9)12-6-5-11-10(12)13/h2-7H,1H3,(H,11,13). The Balaban J connectivity index is 2.52. The lowest BCUT2D eigenvalue weighted by atomic mass is 10.3. The lowest BCUT2D eigenvalue weighted by Gasteiger charge is -2.02. The number of imidazole rings is 1. The van der Waals surface area contributed by atoms with Gasteiger partial charge in [-0.1, -0.05) is 6.07 Å². The largest absolute Gasteiger partial charge is 0.330 e. The Labute approximate surface area is 85.8 Å². The van der Waals surface area contributed by atoms with Gasteiger partial charge in [-0.25, -0.2) is 4.79 Å². The van der Waals surface area contributed by atoms with Crippen LogP contribution in [0.4, 0.5) is 0 Å². The van der Waals surface area contributed by atoms with Gasteiger partial charge in [0.15, 0.2) is 0 Å². The van der Waals surface area contributed by atoms with Crippen molar-refractivity contribution in [3.63, 3.8) is 0 Å². The van der Waals surface area contributed by atoms with Crippen LogP contribution in [-0.2, 0) is 0 Å². The summed E-state index contributed by atoms with van der Waals surface area (Å²) in [5.74, 6) is 0. The quantitative estimate of drug-likeness (QED) is 0.762. The maximum atomic E-state index is 11.3. The van der Waals surface area contributed by atoms with Crippen LogP contribution in [-0.4, -0.2) is 15.8 Å². The lowest BCUT2D eigenvalue weighted by molar-refractivity contribution is 0.982. The molecule has 1 aromatic carbocycles. The number of benzene rings is 1. The molecule has 0 saturated heterocycles. The smallest absolute Gasteiger partial charge is 0.312 e. The molecule has 0 bridgehead atoms. The van der Waals surface area contributed by atoms with Crippen molar-refractivity contribution in [1.29, 1.82) is 0 Å². The molecule has 72 valence electrons. The molecule has 0 unspecified atom stereocenters. The van der Waals surface area contributed by atoms with Gasteiger partial charge >= 0.3 is 5.69 Å². The summed E-state index contributed by atoms with van der Waals surface area (Å²) in [7, 11) is 0. The van der Waals surface area contributed by atoms with Crippen LogP contribution < -0.4 is 5.69 Å². The van der Waals surface area contributed by atoms with Crippen LogP contribution in [0.2, 0.25) is 0 Å². The molecule has 3 nitrogen and oxygen atoms in total. The highest BCUT2D eigenvalue weighted by molar-refractivity contribution is 7.98. The van der Waals surface area contributed by atoms with Crippen molar-refractivity contribution < 1.29 is 0 Å². The first kappa shape index (κ1) is 9.15. The zero-order valence-corrected chi connectivity index (χ0v) is 8.54. The fraction of sp³-hybridized carbons (Fsp3) is 0.100. The average molecular weight is 206 g/mol. The number of hydrogen-bond acceptors (Lipinski definition) is 2. The predicted octanol–water partition coefficient (Wildman–Crippen LogP) is 1.89. The average Bonchev–Trinajstić information content (AvgIpc) is 2.65. The molecular formula is C10H10N2OS. The third kappa shape index (κ3) is 1.61. The van der Waals surface area contributed by atoms with E-state index in [1.165, 1.54) is 0 Å². The molecule has 2 rings (SSSR count). The zero-order chi connectivity index (χ0) is 9.97. The summed E-state index contributed by atoms with van der Waals surface area (Å²) in [6, 6.07) is 7.86. The van der Waals surface area contributed by atoms with E-state index in [0.717, 1.165) is 10.6 Å². The number of hydrogen-bond donors (Lipinski definition) is 1. The molecule has 2 aromatic rings. The summed E-state index contributed by atoms with van der Waals surface area (Å²) in [6.07, 6.45) is 5.37. The van der Waals surface area contributed by atoms with Crippen LogP contribution in [0.15, 0.2) is 46.3 Å². The highest BCUT2D eigenvalue weighted by Crippen LogP contribution is 2.17. The van der Waals surface area contributed by atoms with Crippen LogP contribution in [0.25, 0.3) is 5.69 Å². The molecule has 0 aliphatic rings. The molecule has 1 heterocycles. The minimum Gasteiger partial charge on any atom is -0.312 e. The molecule has 4 heteroatoms. The van der Waals surface area contributed by atoms with E-state index in [1.54, 1.807) is 28.7 Å². The van der Waals surface area contributed by atoms with Gasteiger partial charge in [0, 0.05) is 17.3 Å². The van der Waals surface area contributed by atoms with Crippen LogP contribution in [0.3, 0.4) is 0 Å². The second-order valence-corrected chi connectivity index (χ2v) is 3.72. The van der Waals surface area contributed by atoms with E-state index >= 15 is 0 Å². The van der Waals surface area contributed by atoms with E-state index in [1.807, 2.05) is 30.5 Å². The summed E-state index contributed by atoms with van der Waals surface area (Å²) in [5.41, 5.74) is 0.784. The SMILES string of the molecule is CSc1cccc(-n2cc[nH]c2=O)c1. The number of nitrogens with zero attached hydrogens (tertiary/aromatic N) is 1. The third-order valence-electron chi connectivity index (χ3n) is 1.98. The topological polar surface area (TPSA) is 37.8 Å². The first-order valence-corrected chi connectivity index (χ1v) is 5.44. The second kappa shape index (κ2) is 3.75. The van der Waals surface area contributed by atoms with Gasteiger partial charge in [-0.15, -0.1) is 11.8 Å². The maximum absolute atomic E-state index is 11.3. The molecule has 1 aromatic heterocycles. The van der Waals surface area contributed by atoms with Gasteiger partial charge in [-0.3, -0.25) is 4.57 Å². The molecule has 0 atom stereocenters. The Morgan fingerprint density at radius 1 is 1.43 bits per heavy atom. The van der Waals surface area contributed by atoms with Crippen molar-refractivity contribution in [1.82, 2.24) is 9.55 Å². The van der Waals surface area contributed by atoms with Crippen LogP contribution >= 0.6 is 11.8 Å². The van der Waals surface area contributed by atoms with E-state index in [4.69, 9.17) is 0 Å². The predicted molar refractivity (Wildman–Crippen MR) is 58.2 cm³/mol. The fourth-order valence-electron chi connectivity index (χ4n) is 1.28. The molecule has 0 spiro atoms. The molecule has 1 N–H and O–H groups in total. The van der Waals surface area contributed by atoms with E-state index < -0.39 is 0 Å². The normalized spacial score (nSPS) is 10.4. The van der Waals surface area contributed by atoms with Crippen molar-refractivity contribution in [3.8, 4) is 5.69 Å². The summed E-state index contributed by atoms with van der Waals surface area (Å²) in [5, 5.41) is 0. The van der Waals surface area contributed by atoms with Gasteiger partial charge in [0.05, 0.1) is 5.69 Å². The number of aromatic amines is 1. The number of aromatic nitrogens is 2. The molecule has 0 amide bonds. The molecule has 0 radical (unpaired) electrons. The van der Waals surface area contributed by atoms with Crippen molar-refractivity contribution in [2.24, 2.45) is 0 Å². The van der Waals surface area contributed by atoms with Gasteiger partial charge in [0.1, 0.15) is 0 Å². The molecule has 0 aliphatic carbocycles. The molecule has 14 heavy (non-hydrogen) atoms. The first-order chi connectivity index (χ1) is 6.81. The van der Waals surface area contributed by atoms with Crippen LogP contribution in [0, 0.1) is 0 Å². The summed E-state index contributed by atoms with van der Waals surface area (Å²) < 4.78 is 1.58. The van der Waals surface area contributed by atoms with Gasteiger partial charge in [-0.05, 0) is 24.5 Å². The number of thioether (sulfide) groups is 1. The van der Waals surface area contributed by atoms with E-state index in [-0.39, 0.29) is 5.69 Å². The Kier molecular flexibility index (Phi) is 2.45. The molecule has 0 aliphatic heterocycles. The Hall–Kier alpha value is -1.42. The number of H-pyrrole nitrogens is 1. The minimum absolute atomic E-state index is 0.108. The second-order valence-electron chi connectivity index (χ2n) is 2.84. The first-order valence-electron chi connectivity index (χ1n) is 4.22. The van der Waals surface area contributed by atoms with Crippen molar-refractivity contribution in [2.75, 3.05) is 6.26 Å². The summed E-state index contributed by atoms with van der Waals surface area (Å²) in [4.78, 5) is 15.1. The van der Waals surface area contributed by atoms with Crippen LogP contribution in [0.5, 0.6) is 0 Å². The number of rotatable bonds is 2.